The van der Waals surface area contributed by atoms with E-state index in [4.69, 9.17) is 0 Å². The van der Waals surface area contributed by atoms with Gasteiger partial charge in [-0.1, -0.05) is 18.6 Å². The number of anilines is 3. The van der Waals surface area contributed by atoms with Gasteiger partial charge in [0, 0.05) is 38.4 Å². The Morgan fingerprint density at radius 1 is 1.14 bits per heavy atom. The summed E-state index contributed by atoms with van der Waals surface area (Å²) in [5, 5.41) is 9.18. The van der Waals surface area contributed by atoms with Crippen molar-refractivity contribution in [3.8, 4) is 0 Å². The molecule has 8 heteroatoms. The van der Waals surface area contributed by atoms with Crippen LogP contribution in [0.5, 0.6) is 0 Å². The molecule has 0 radical (unpaired) electrons. The first kappa shape index (κ1) is 20.5. The lowest BCUT2D eigenvalue weighted by atomic mass is 10.1. The Balaban J connectivity index is 1.55. The maximum absolute atomic E-state index is 10.9. The van der Waals surface area contributed by atoms with E-state index >= 15 is 0 Å². The van der Waals surface area contributed by atoms with E-state index < -0.39 is 0 Å². The highest BCUT2D eigenvalue weighted by Gasteiger charge is 2.10. The van der Waals surface area contributed by atoms with Crippen LogP contribution in [0.15, 0.2) is 34.9 Å². The number of nitrogens with one attached hydrogen (secondary N) is 3. The van der Waals surface area contributed by atoms with Gasteiger partial charge in [0.1, 0.15) is 5.82 Å². The summed E-state index contributed by atoms with van der Waals surface area (Å²) in [6.45, 7) is 6.03. The van der Waals surface area contributed by atoms with Gasteiger partial charge in [-0.15, -0.1) is 0 Å². The zero-order valence-corrected chi connectivity index (χ0v) is 17.8. The van der Waals surface area contributed by atoms with Gasteiger partial charge < -0.3 is 16.0 Å². The van der Waals surface area contributed by atoms with Crippen molar-refractivity contribution in [3.63, 3.8) is 0 Å². The van der Waals surface area contributed by atoms with Crippen molar-refractivity contribution in [3.05, 3.63) is 40.5 Å². The van der Waals surface area contributed by atoms with Crippen molar-refractivity contribution in [2.45, 2.75) is 32.7 Å². The molecule has 7 nitrogen and oxygen atoms in total. The molecule has 0 spiro atoms. The van der Waals surface area contributed by atoms with Gasteiger partial charge in [0.15, 0.2) is 0 Å². The summed E-state index contributed by atoms with van der Waals surface area (Å²) in [7, 11) is 0. The molecule has 1 aliphatic heterocycles. The van der Waals surface area contributed by atoms with Crippen LogP contribution in [0.2, 0.25) is 0 Å². The van der Waals surface area contributed by atoms with E-state index in [1.54, 1.807) is 6.20 Å². The van der Waals surface area contributed by atoms with Crippen molar-refractivity contribution < 1.29 is 4.79 Å². The number of rotatable bonds is 8. The van der Waals surface area contributed by atoms with Gasteiger partial charge in [0.05, 0.1) is 4.47 Å². The highest BCUT2D eigenvalue weighted by Crippen LogP contribution is 2.22. The molecular weight excluding hydrogens is 420 g/mol. The zero-order valence-electron chi connectivity index (χ0n) is 16.2. The number of hydrogen-bond donors (Lipinski definition) is 3. The third-order valence-electron chi connectivity index (χ3n) is 4.60. The molecular formula is C20H27BrN6O. The number of halogens is 1. The second kappa shape index (κ2) is 10.4. The Morgan fingerprint density at radius 2 is 1.89 bits per heavy atom. The smallest absolute Gasteiger partial charge is 0.229 e. The second-order valence-electron chi connectivity index (χ2n) is 6.96. The van der Waals surface area contributed by atoms with E-state index in [1.807, 2.05) is 0 Å². The number of carbonyl (C=O) groups is 1. The topological polar surface area (TPSA) is 82.2 Å². The summed E-state index contributed by atoms with van der Waals surface area (Å²) in [6.07, 6.45) is 5.68. The van der Waals surface area contributed by atoms with Crippen LogP contribution in [0.4, 0.5) is 17.5 Å². The third kappa shape index (κ3) is 6.45. The predicted molar refractivity (Wildman–Crippen MR) is 116 cm³/mol. The van der Waals surface area contributed by atoms with Gasteiger partial charge in [0.2, 0.25) is 11.9 Å². The average molecular weight is 447 g/mol. The largest absolute Gasteiger partial charge is 0.367 e. The fourth-order valence-corrected chi connectivity index (χ4v) is 3.50. The monoisotopic (exact) mass is 446 g/mol. The van der Waals surface area contributed by atoms with Crippen LogP contribution in [0.25, 0.3) is 0 Å². The van der Waals surface area contributed by atoms with E-state index in [0.29, 0.717) is 24.9 Å². The predicted octanol–water partition coefficient (Wildman–Crippen LogP) is 3.52. The zero-order chi connectivity index (χ0) is 19.8. The first-order chi connectivity index (χ1) is 13.6. The van der Waals surface area contributed by atoms with Gasteiger partial charge in [-0.05, 0) is 59.6 Å². The van der Waals surface area contributed by atoms with Crippen LogP contribution in [-0.2, 0) is 11.3 Å². The maximum Gasteiger partial charge on any atom is 0.229 e. The average Bonchev–Trinajstić information content (AvgIpc) is 2.69. The molecule has 28 heavy (non-hydrogen) atoms. The second-order valence-corrected chi connectivity index (χ2v) is 7.81. The van der Waals surface area contributed by atoms with Gasteiger partial charge in [-0.3, -0.25) is 9.69 Å². The molecule has 2 aromatic rings. The number of likely N-dealkylation sites (tertiary alicyclic amines) is 1. The molecule has 2 heterocycles. The minimum Gasteiger partial charge on any atom is -0.367 e. The summed E-state index contributed by atoms with van der Waals surface area (Å²) in [5.74, 6) is 1.16. The standard InChI is InChI=1S/C20H27BrN6O/c1-15(28)22-9-10-23-19-18(21)13-24-20(26-19)25-17-7-5-16(6-8-17)14-27-11-3-2-4-12-27/h5-8,13H,2-4,9-12,14H2,1H3,(H,22,28)(H2,23,24,25,26). The van der Waals surface area contributed by atoms with Crippen LogP contribution >= 0.6 is 15.9 Å². The molecule has 0 atom stereocenters. The molecule has 3 rings (SSSR count). The molecule has 0 unspecified atom stereocenters. The molecule has 1 aromatic heterocycles. The lowest BCUT2D eigenvalue weighted by molar-refractivity contribution is -0.118. The van der Waals surface area contributed by atoms with E-state index in [9.17, 15) is 4.79 Å². The Bertz CT molecular complexity index is 777. The first-order valence-electron chi connectivity index (χ1n) is 9.69. The summed E-state index contributed by atoms with van der Waals surface area (Å²) in [4.78, 5) is 22.3. The van der Waals surface area contributed by atoms with E-state index in [-0.39, 0.29) is 5.91 Å². The van der Waals surface area contributed by atoms with Crippen molar-refractivity contribution >= 4 is 39.3 Å². The highest BCUT2D eigenvalue weighted by atomic mass is 79.9. The van der Waals surface area contributed by atoms with E-state index in [0.717, 1.165) is 16.7 Å². The number of amides is 1. The van der Waals surface area contributed by atoms with E-state index in [2.05, 4.69) is 71.0 Å². The van der Waals surface area contributed by atoms with Gasteiger partial charge >= 0.3 is 0 Å². The molecule has 0 aliphatic carbocycles. The van der Waals surface area contributed by atoms with Crippen molar-refractivity contribution in [2.24, 2.45) is 0 Å². The molecule has 1 saturated heterocycles. The number of piperidine rings is 1. The lowest BCUT2D eigenvalue weighted by Gasteiger charge is -2.26. The molecule has 0 saturated carbocycles. The number of carbonyl (C=O) groups excluding carboxylic acids is 1. The number of benzene rings is 1. The van der Waals surface area contributed by atoms with Gasteiger partial charge in [-0.2, -0.15) is 4.98 Å². The van der Waals surface area contributed by atoms with Crippen LogP contribution in [0.3, 0.4) is 0 Å². The molecule has 1 amide bonds. The maximum atomic E-state index is 10.9. The van der Waals surface area contributed by atoms with Crippen molar-refractivity contribution in [1.29, 1.82) is 0 Å². The SMILES string of the molecule is CC(=O)NCCNc1nc(Nc2ccc(CN3CCCCC3)cc2)ncc1Br. The van der Waals surface area contributed by atoms with E-state index in [1.165, 1.54) is 44.8 Å². The summed E-state index contributed by atoms with van der Waals surface area (Å²) >= 11 is 3.45. The summed E-state index contributed by atoms with van der Waals surface area (Å²) in [6, 6.07) is 8.44. The minimum atomic E-state index is -0.0466. The number of aromatic nitrogens is 2. The molecule has 1 aliphatic rings. The third-order valence-corrected chi connectivity index (χ3v) is 5.18. The molecule has 1 fully saturated rings. The van der Waals surface area contributed by atoms with Crippen LogP contribution in [-0.4, -0.2) is 47.0 Å². The summed E-state index contributed by atoms with van der Waals surface area (Å²) < 4.78 is 0.776. The van der Waals surface area contributed by atoms with Gasteiger partial charge in [0.25, 0.3) is 0 Å². The summed E-state index contributed by atoms with van der Waals surface area (Å²) in [5.41, 5.74) is 2.28. The highest BCUT2D eigenvalue weighted by molar-refractivity contribution is 9.10. The Morgan fingerprint density at radius 3 is 2.61 bits per heavy atom. The number of nitrogens with zero attached hydrogens (tertiary/aromatic N) is 3. The fraction of sp³-hybridized carbons (Fsp3) is 0.450. The van der Waals surface area contributed by atoms with Crippen molar-refractivity contribution in [2.75, 3.05) is 36.8 Å². The number of hydrogen-bond acceptors (Lipinski definition) is 6. The van der Waals surface area contributed by atoms with Crippen LogP contribution < -0.4 is 16.0 Å². The van der Waals surface area contributed by atoms with Crippen LogP contribution in [0, 0.1) is 0 Å². The van der Waals surface area contributed by atoms with Crippen molar-refractivity contribution in [1.82, 2.24) is 20.2 Å². The Kier molecular flexibility index (Phi) is 7.62. The first-order valence-corrected chi connectivity index (χ1v) is 10.5. The lowest BCUT2D eigenvalue weighted by Crippen LogP contribution is -2.29. The molecule has 3 N–H and O–H groups in total. The van der Waals surface area contributed by atoms with Gasteiger partial charge in [-0.25, -0.2) is 4.98 Å². The Labute approximate surface area is 174 Å². The normalized spacial score (nSPS) is 14.5. The molecule has 0 bridgehead atoms. The van der Waals surface area contributed by atoms with Crippen LogP contribution in [0.1, 0.15) is 31.7 Å². The Hall–Kier alpha value is -2.19. The minimum absolute atomic E-state index is 0.0466. The molecule has 150 valence electrons. The quantitative estimate of drug-likeness (QED) is 0.538. The fourth-order valence-electron chi connectivity index (χ4n) is 3.17. The molecule has 1 aromatic carbocycles.